The number of carbonyl (C=O) groups is 1. The highest BCUT2D eigenvalue weighted by Gasteiger charge is 2.18. The van der Waals surface area contributed by atoms with Crippen molar-refractivity contribution in [1.29, 1.82) is 0 Å². The van der Waals surface area contributed by atoms with Crippen LogP contribution in [0.4, 0.5) is 0 Å². The molecular formula is C30H31BrClN3O5. The van der Waals surface area contributed by atoms with Crippen molar-refractivity contribution in [2.45, 2.75) is 47.3 Å². The number of halogens is 2. The fraction of sp³-hybridized carbons (Fsp3) is 0.267. The van der Waals surface area contributed by atoms with E-state index in [0.29, 0.717) is 44.7 Å². The maximum Gasteiger partial charge on any atom is 0.307 e. The predicted octanol–water partition coefficient (Wildman–Crippen LogP) is 7.63. The van der Waals surface area contributed by atoms with Crippen molar-refractivity contribution in [3.63, 3.8) is 0 Å². The number of hydrazone groups is 1. The molecule has 1 amide bonds. The number of furan rings is 1. The van der Waals surface area contributed by atoms with Crippen molar-refractivity contribution in [2.75, 3.05) is 6.61 Å². The summed E-state index contributed by atoms with van der Waals surface area (Å²) in [5.41, 5.74) is 6.46. The van der Waals surface area contributed by atoms with Crippen LogP contribution in [0.15, 0.2) is 68.6 Å². The van der Waals surface area contributed by atoms with E-state index in [1.807, 2.05) is 45.0 Å². The first-order valence-electron chi connectivity index (χ1n) is 12.8. The Morgan fingerprint density at radius 2 is 1.80 bits per heavy atom. The molecule has 0 unspecified atom stereocenters. The van der Waals surface area contributed by atoms with Gasteiger partial charge in [-0.05, 0) is 105 Å². The lowest BCUT2D eigenvalue weighted by Gasteiger charge is -2.18. The number of benzene rings is 2. The van der Waals surface area contributed by atoms with Crippen LogP contribution in [0.5, 0.6) is 17.2 Å². The van der Waals surface area contributed by atoms with Gasteiger partial charge in [0, 0.05) is 27.1 Å². The molecule has 4 rings (SSSR count). The van der Waals surface area contributed by atoms with Gasteiger partial charge in [0.25, 0.3) is 0 Å². The minimum Gasteiger partial charge on any atom is -0.490 e. The molecule has 0 saturated carbocycles. The number of ether oxygens (including phenoxy) is 3. The summed E-state index contributed by atoms with van der Waals surface area (Å²) in [5, 5.41) is 4.41. The SMILES string of the molecule is CCOc1cc(/C=N/NC(=O)c2ccc(COc3ccc(-n4c(C)ccc4C)cc3)o2)c(Br)c(Cl)c1OC(C)C. The van der Waals surface area contributed by atoms with Gasteiger partial charge in [0.05, 0.1) is 18.9 Å². The standard InChI is InChI=1S/C30H31BrClN3O5/c1-6-37-26-15-21(27(31)28(32)29(26)39-18(2)3)16-33-34-30(36)25-14-13-24(40-25)17-38-23-11-9-22(10-12-23)35-19(4)7-8-20(35)5/h7-16,18H,6,17H2,1-5H3,(H,34,36)/b33-16+. The van der Waals surface area contributed by atoms with Gasteiger partial charge >= 0.3 is 5.91 Å². The summed E-state index contributed by atoms with van der Waals surface area (Å²) >= 11 is 9.99. The van der Waals surface area contributed by atoms with E-state index in [4.69, 9.17) is 30.2 Å². The van der Waals surface area contributed by atoms with E-state index in [1.165, 1.54) is 6.21 Å². The van der Waals surface area contributed by atoms with Gasteiger partial charge in [0.2, 0.25) is 0 Å². The van der Waals surface area contributed by atoms with E-state index in [0.717, 1.165) is 17.1 Å². The predicted molar refractivity (Wildman–Crippen MR) is 159 cm³/mol. The average molecular weight is 629 g/mol. The second-order valence-corrected chi connectivity index (χ2v) is 10.4. The Morgan fingerprint density at radius 1 is 1.10 bits per heavy atom. The highest BCUT2D eigenvalue weighted by Crippen LogP contribution is 2.42. The number of hydrogen-bond acceptors (Lipinski definition) is 6. The summed E-state index contributed by atoms with van der Waals surface area (Å²) < 4.78 is 25.7. The van der Waals surface area contributed by atoms with Crippen LogP contribution in [0, 0.1) is 13.8 Å². The van der Waals surface area contributed by atoms with Crippen LogP contribution in [-0.2, 0) is 6.61 Å². The molecule has 10 heteroatoms. The van der Waals surface area contributed by atoms with Gasteiger partial charge in [-0.3, -0.25) is 4.79 Å². The van der Waals surface area contributed by atoms with Crippen molar-refractivity contribution >= 4 is 39.7 Å². The molecule has 2 heterocycles. The molecule has 2 aromatic heterocycles. The third-order valence-electron chi connectivity index (χ3n) is 5.81. The fourth-order valence-electron chi connectivity index (χ4n) is 4.02. The summed E-state index contributed by atoms with van der Waals surface area (Å²) in [4.78, 5) is 12.6. The second-order valence-electron chi connectivity index (χ2n) is 9.22. The zero-order chi connectivity index (χ0) is 28.8. The molecule has 0 fully saturated rings. The normalized spacial score (nSPS) is 11.3. The topological polar surface area (TPSA) is 87.2 Å². The lowest BCUT2D eigenvalue weighted by molar-refractivity contribution is 0.0923. The van der Waals surface area contributed by atoms with Crippen LogP contribution >= 0.6 is 27.5 Å². The summed E-state index contributed by atoms with van der Waals surface area (Å²) in [6.07, 6.45) is 1.37. The monoisotopic (exact) mass is 627 g/mol. The van der Waals surface area contributed by atoms with E-state index in [2.05, 4.69) is 57.0 Å². The van der Waals surface area contributed by atoms with Gasteiger partial charge in [-0.1, -0.05) is 11.6 Å². The van der Waals surface area contributed by atoms with Gasteiger partial charge in [-0.25, -0.2) is 5.43 Å². The molecule has 0 spiro atoms. The molecule has 0 aliphatic heterocycles. The lowest BCUT2D eigenvalue weighted by Crippen LogP contribution is -2.17. The molecule has 2 aromatic carbocycles. The number of hydrogen-bond donors (Lipinski definition) is 1. The van der Waals surface area contributed by atoms with Crippen LogP contribution in [-0.4, -0.2) is 29.4 Å². The summed E-state index contributed by atoms with van der Waals surface area (Å²) in [6, 6.07) is 17.0. The molecule has 0 aliphatic carbocycles. The number of rotatable bonds is 11. The fourth-order valence-corrected chi connectivity index (χ4v) is 4.67. The largest absolute Gasteiger partial charge is 0.490 e. The van der Waals surface area contributed by atoms with Crippen molar-refractivity contribution in [1.82, 2.24) is 9.99 Å². The number of nitrogens with zero attached hydrogens (tertiary/aromatic N) is 2. The highest BCUT2D eigenvalue weighted by molar-refractivity contribution is 9.10. The molecule has 4 aromatic rings. The Morgan fingerprint density at radius 3 is 2.45 bits per heavy atom. The molecule has 8 nitrogen and oxygen atoms in total. The third-order valence-corrected chi connectivity index (χ3v) is 7.25. The Bertz CT molecular complexity index is 1490. The first-order valence-corrected chi connectivity index (χ1v) is 14.0. The highest BCUT2D eigenvalue weighted by atomic mass is 79.9. The smallest absolute Gasteiger partial charge is 0.307 e. The van der Waals surface area contributed by atoms with Crippen molar-refractivity contribution in [3.05, 3.63) is 92.6 Å². The average Bonchev–Trinajstić information content (AvgIpc) is 3.54. The maximum atomic E-state index is 12.6. The maximum absolute atomic E-state index is 12.6. The van der Waals surface area contributed by atoms with Crippen LogP contribution < -0.4 is 19.6 Å². The summed E-state index contributed by atoms with van der Waals surface area (Å²) in [7, 11) is 0. The molecule has 0 aliphatic rings. The van der Waals surface area contributed by atoms with Crippen LogP contribution in [0.25, 0.3) is 5.69 Å². The molecule has 40 heavy (non-hydrogen) atoms. The van der Waals surface area contributed by atoms with E-state index in [9.17, 15) is 4.79 Å². The quantitative estimate of drug-likeness (QED) is 0.136. The Kier molecular flexibility index (Phi) is 9.60. The van der Waals surface area contributed by atoms with E-state index < -0.39 is 5.91 Å². The molecular weight excluding hydrogens is 598 g/mol. The number of aromatic nitrogens is 1. The molecule has 0 saturated heterocycles. The summed E-state index contributed by atoms with van der Waals surface area (Å²) in [6.45, 7) is 10.4. The zero-order valence-electron chi connectivity index (χ0n) is 23.0. The van der Waals surface area contributed by atoms with Crippen LogP contribution in [0.1, 0.15) is 54.0 Å². The molecule has 0 radical (unpaired) electrons. The minimum absolute atomic E-state index is 0.0877. The first kappa shape index (κ1) is 29.3. The zero-order valence-corrected chi connectivity index (χ0v) is 25.3. The molecule has 210 valence electrons. The summed E-state index contributed by atoms with van der Waals surface area (Å²) in [5.74, 6) is 1.73. The number of nitrogens with one attached hydrogen (secondary N) is 1. The number of amides is 1. The molecule has 0 bridgehead atoms. The Hall–Kier alpha value is -3.69. The van der Waals surface area contributed by atoms with Crippen molar-refractivity contribution < 1.29 is 23.4 Å². The number of aryl methyl sites for hydroxylation is 2. The molecule has 1 N–H and O–H groups in total. The van der Waals surface area contributed by atoms with Gasteiger partial charge in [0.15, 0.2) is 17.3 Å². The lowest BCUT2D eigenvalue weighted by atomic mass is 10.2. The van der Waals surface area contributed by atoms with Gasteiger partial charge in [0.1, 0.15) is 23.1 Å². The van der Waals surface area contributed by atoms with E-state index in [-0.39, 0.29) is 18.5 Å². The van der Waals surface area contributed by atoms with Gasteiger partial charge in [-0.2, -0.15) is 5.10 Å². The Balaban J connectivity index is 1.36. The van der Waals surface area contributed by atoms with Crippen LogP contribution in [0.3, 0.4) is 0 Å². The first-order chi connectivity index (χ1) is 19.2. The van der Waals surface area contributed by atoms with Gasteiger partial charge < -0.3 is 23.2 Å². The van der Waals surface area contributed by atoms with Crippen molar-refractivity contribution in [3.8, 4) is 22.9 Å². The third kappa shape index (κ3) is 6.89. The van der Waals surface area contributed by atoms with Crippen molar-refractivity contribution in [2.24, 2.45) is 5.10 Å². The van der Waals surface area contributed by atoms with Crippen LogP contribution in [0.2, 0.25) is 5.02 Å². The minimum atomic E-state index is -0.503. The second kappa shape index (κ2) is 13.1. The van der Waals surface area contributed by atoms with E-state index in [1.54, 1.807) is 18.2 Å². The number of carbonyl (C=O) groups excluding carboxylic acids is 1. The van der Waals surface area contributed by atoms with Gasteiger partial charge in [-0.15, -0.1) is 0 Å². The Labute approximate surface area is 247 Å². The van der Waals surface area contributed by atoms with E-state index >= 15 is 0 Å². The molecule has 0 atom stereocenters.